The Bertz CT molecular complexity index is 1360. The highest BCUT2D eigenvalue weighted by Crippen LogP contribution is 2.19. The van der Waals surface area contributed by atoms with Crippen LogP contribution >= 0.6 is 0 Å². The molecule has 12 heteroatoms. The van der Waals surface area contributed by atoms with Gasteiger partial charge < -0.3 is 43.2 Å². The molecule has 3 amide bonds. The molecule has 0 saturated heterocycles. The maximum Gasteiger partial charge on any atom is 0.326 e. The van der Waals surface area contributed by atoms with Crippen molar-refractivity contribution in [2.24, 2.45) is 17.2 Å². The Morgan fingerprint density at radius 1 is 0.705 bits per heavy atom. The molecular formula is C32H45N7O5. The second-order valence-corrected chi connectivity index (χ2v) is 11.0. The predicted octanol–water partition coefficient (Wildman–Crippen LogP) is 1.08. The molecule has 44 heavy (non-hydrogen) atoms. The Morgan fingerprint density at radius 3 is 1.93 bits per heavy atom. The van der Waals surface area contributed by atoms with Crippen LogP contribution in [0.1, 0.15) is 49.7 Å². The molecular weight excluding hydrogens is 562 g/mol. The lowest BCUT2D eigenvalue weighted by Gasteiger charge is -2.25. The minimum Gasteiger partial charge on any atom is -0.480 e. The summed E-state index contributed by atoms with van der Waals surface area (Å²) in [6, 6.07) is 12.5. The zero-order valence-electron chi connectivity index (χ0n) is 25.0. The molecule has 0 saturated carbocycles. The van der Waals surface area contributed by atoms with Crippen LogP contribution < -0.4 is 33.2 Å². The SMILES string of the molecule is NCCCC[C@H](NC(=O)[C@H](Cc1ccccc1)NC(=O)[C@H](Cc1c[nH]c2ccccc12)NC(=O)[C@@H](N)CCCCN)C(=O)O. The van der Waals surface area contributed by atoms with E-state index in [0.29, 0.717) is 38.8 Å². The van der Waals surface area contributed by atoms with Crippen molar-refractivity contribution in [3.63, 3.8) is 0 Å². The molecule has 4 atom stereocenters. The van der Waals surface area contributed by atoms with Crippen molar-refractivity contribution >= 4 is 34.6 Å². The van der Waals surface area contributed by atoms with Gasteiger partial charge in [0.2, 0.25) is 17.7 Å². The molecule has 3 rings (SSSR count). The molecule has 0 bridgehead atoms. The van der Waals surface area contributed by atoms with E-state index < -0.39 is 47.9 Å². The van der Waals surface area contributed by atoms with Gasteiger partial charge in [-0.1, -0.05) is 55.0 Å². The molecule has 11 N–H and O–H groups in total. The van der Waals surface area contributed by atoms with Crippen LogP contribution in [-0.4, -0.2) is 71.0 Å². The summed E-state index contributed by atoms with van der Waals surface area (Å²) in [5.41, 5.74) is 19.7. The third-order valence-corrected chi connectivity index (χ3v) is 7.52. The highest BCUT2D eigenvalue weighted by molar-refractivity contribution is 5.95. The van der Waals surface area contributed by atoms with E-state index in [0.717, 1.165) is 28.5 Å². The Hall–Kier alpha value is -4.26. The summed E-state index contributed by atoms with van der Waals surface area (Å²) < 4.78 is 0. The minimum atomic E-state index is -1.17. The fraction of sp³-hybridized carbons (Fsp3) is 0.438. The smallest absolute Gasteiger partial charge is 0.326 e. The summed E-state index contributed by atoms with van der Waals surface area (Å²) in [4.78, 5) is 55.5. The fourth-order valence-corrected chi connectivity index (χ4v) is 5.00. The van der Waals surface area contributed by atoms with Crippen LogP contribution in [0.3, 0.4) is 0 Å². The Kier molecular flexibility index (Phi) is 13.8. The number of amides is 3. The van der Waals surface area contributed by atoms with Crippen molar-refractivity contribution in [3.8, 4) is 0 Å². The Morgan fingerprint density at radius 2 is 1.27 bits per heavy atom. The summed E-state index contributed by atoms with van der Waals surface area (Å²) in [7, 11) is 0. The zero-order valence-corrected chi connectivity index (χ0v) is 25.0. The Labute approximate surface area is 257 Å². The first-order valence-corrected chi connectivity index (χ1v) is 15.1. The molecule has 3 aromatic rings. The number of aromatic amines is 1. The maximum atomic E-state index is 13.9. The molecule has 12 nitrogen and oxygen atoms in total. The van der Waals surface area contributed by atoms with Gasteiger partial charge in [-0.05, 0) is 62.4 Å². The number of hydrogen-bond acceptors (Lipinski definition) is 7. The monoisotopic (exact) mass is 607 g/mol. The number of nitrogens with two attached hydrogens (primary N) is 3. The van der Waals surface area contributed by atoms with Crippen LogP contribution in [0.5, 0.6) is 0 Å². The summed E-state index contributed by atoms with van der Waals surface area (Å²) in [5, 5.41) is 18.8. The lowest BCUT2D eigenvalue weighted by Crippen LogP contribution is -2.58. The van der Waals surface area contributed by atoms with Gasteiger partial charge in [-0.3, -0.25) is 14.4 Å². The second-order valence-electron chi connectivity index (χ2n) is 11.0. The topological polar surface area (TPSA) is 218 Å². The number of carboxylic acids is 1. The number of H-pyrrole nitrogens is 1. The number of rotatable bonds is 19. The lowest BCUT2D eigenvalue weighted by atomic mass is 10.0. The van der Waals surface area contributed by atoms with E-state index >= 15 is 0 Å². The van der Waals surface area contributed by atoms with Gasteiger partial charge in [-0.25, -0.2) is 4.79 Å². The quantitative estimate of drug-likeness (QED) is 0.0920. The molecule has 0 aliphatic carbocycles. The fourth-order valence-electron chi connectivity index (χ4n) is 5.00. The number of carbonyl (C=O) groups is 4. The van der Waals surface area contributed by atoms with E-state index in [-0.39, 0.29) is 19.3 Å². The van der Waals surface area contributed by atoms with E-state index in [9.17, 15) is 24.3 Å². The number of unbranched alkanes of at least 4 members (excludes halogenated alkanes) is 2. The number of carboxylic acid groups (broad SMARTS) is 1. The molecule has 2 aromatic carbocycles. The molecule has 0 spiro atoms. The van der Waals surface area contributed by atoms with Crippen molar-refractivity contribution in [2.75, 3.05) is 13.1 Å². The molecule has 0 aliphatic rings. The number of fused-ring (bicyclic) bond motifs is 1. The van der Waals surface area contributed by atoms with Crippen molar-refractivity contribution in [3.05, 3.63) is 71.9 Å². The van der Waals surface area contributed by atoms with Gasteiger partial charge in [-0.2, -0.15) is 0 Å². The van der Waals surface area contributed by atoms with Gasteiger partial charge in [-0.15, -0.1) is 0 Å². The summed E-state index contributed by atoms with van der Waals surface area (Å²) in [6.45, 7) is 0.897. The van der Waals surface area contributed by atoms with Crippen molar-refractivity contribution in [2.45, 2.75) is 75.5 Å². The normalized spacial score (nSPS) is 13.9. The third-order valence-electron chi connectivity index (χ3n) is 7.52. The van der Waals surface area contributed by atoms with Gasteiger partial charge >= 0.3 is 5.97 Å². The number of hydrogen-bond donors (Lipinski definition) is 8. The molecule has 1 heterocycles. The molecule has 0 radical (unpaired) electrons. The first kappa shape index (κ1) is 34.2. The summed E-state index contributed by atoms with van der Waals surface area (Å²) >= 11 is 0. The maximum absolute atomic E-state index is 13.9. The van der Waals surface area contributed by atoms with Gasteiger partial charge in [0, 0.05) is 29.9 Å². The highest BCUT2D eigenvalue weighted by atomic mass is 16.4. The van der Waals surface area contributed by atoms with Gasteiger partial charge in [0.05, 0.1) is 6.04 Å². The third kappa shape index (κ3) is 10.5. The molecule has 1 aromatic heterocycles. The first-order valence-electron chi connectivity index (χ1n) is 15.1. The number of aromatic nitrogens is 1. The number of benzene rings is 2. The van der Waals surface area contributed by atoms with E-state index in [2.05, 4.69) is 20.9 Å². The molecule has 0 aliphatic heterocycles. The van der Waals surface area contributed by atoms with E-state index in [4.69, 9.17) is 17.2 Å². The lowest BCUT2D eigenvalue weighted by molar-refractivity contribution is -0.142. The largest absolute Gasteiger partial charge is 0.480 e. The number of carbonyl (C=O) groups excluding carboxylic acids is 3. The van der Waals surface area contributed by atoms with Crippen LogP contribution in [-0.2, 0) is 32.0 Å². The van der Waals surface area contributed by atoms with Crippen LogP contribution in [0.4, 0.5) is 0 Å². The zero-order chi connectivity index (χ0) is 31.9. The molecule has 0 fully saturated rings. The average Bonchev–Trinajstić information content (AvgIpc) is 3.43. The summed E-state index contributed by atoms with van der Waals surface area (Å²) in [6.07, 6.45) is 5.16. The summed E-state index contributed by atoms with van der Waals surface area (Å²) in [5.74, 6) is -2.90. The standard InChI is InChI=1S/C32H45N7O5/c33-16-8-6-13-24(35)29(40)38-28(19-22-20-36-25-14-5-4-12-23(22)25)31(42)39-27(18-21-10-2-1-3-11-21)30(41)37-26(32(43)44)15-7-9-17-34/h1-5,10-12,14,20,24,26-28,36H,6-9,13,15-19,33-35H2,(H,37,41)(H,38,40)(H,39,42)(H,43,44)/t24-,26-,27-,28-/m0/s1. The van der Waals surface area contributed by atoms with Crippen LogP contribution in [0.15, 0.2) is 60.8 Å². The highest BCUT2D eigenvalue weighted by Gasteiger charge is 2.31. The Balaban J connectivity index is 1.85. The van der Waals surface area contributed by atoms with Crippen molar-refractivity contribution in [1.29, 1.82) is 0 Å². The van der Waals surface area contributed by atoms with Gasteiger partial charge in [0.25, 0.3) is 0 Å². The van der Waals surface area contributed by atoms with E-state index in [1.165, 1.54) is 0 Å². The number of aliphatic carboxylic acids is 1. The van der Waals surface area contributed by atoms with Crippen LogP contribution in [0, 0.1) is 0 Å². The number of para-hydroxylation sites is 1. The second kappa shape index (κ2) is 17.8. The molecule has 0 unspecified atom stereocenters. The van der Waals surface area contributed by atoms with Gasteiger partial charge in [0.15, 0.2) is 0 Å². The van der Waals surface area contributed by atoms with Gasteiger partial charge in [0.1, 0.15) is 18.1 Å². The number of nitrogens with one attached hydrogen (secondary N) is 4. The van der Waals surface area contributed by atoms with Crippen LogP contribution in [0.25, 0.3) is 10.9 Å². The van der Waals surface area contributed by atoms with Crippen molar-refractivity contribution < 1.29 is 24.3 Å². The van der Waals surface area contributed by atoms with Crippen molar-refractivity contribution in [1.82, 2.24) is 20.9 Å². The van der Waals surface area contributed by atoms with Crippen LogP contribution in [0.2, 0.25) is 0 Å². The predicted molar refractivity (Wildman–Crippen MR) is 169 cm³/mol. The minimum absolute atomic E-state index is 0.111. The van der Waals surface area contributed by atoms with E-state index in [1.807, 2.05) is 54.6 Å². The average molecular weight is 608 g/mol. The van der Waals surface area contributed by atoms with E-state index in [1.54, 1.807) is 6.20 Å². The first-order chi connectivity index (χ1) is 21.2. The molecule has 238 valence electrons.